The lowest BCUT2D eigenvalue weighted by molar-refractivity contribution is -0.111. The van der Waals surface area contributed by atoms with Crippen molar-refractivity contribution in [3.8, 4) is 0 Å². The zero-order chi connectivity index (χ0) is 15.8. The van der Waals surface area contributed by atoms with E-state index >= 15 is 0 Å². The second-order valence-electron chi connectivity index (χ2n) is 5.34. The molecule has 0 aromatic rings. The Morgan fingerprint density at radius 2 is 1.57 bits per heavy atom. The lowest BCUT2D eigenvalue weighted by atomic mass is 10.2. The highest BCUT2D eigenvalue weighted by Crippen LogP contribution is 2.14. The summed E-state index contributed by atoms with van der Waals surface area (Å²) in [5, 5.41) is 0.355. The van der Waals surface area contributed by atoms with Crippen LogP contribution in [-0.4, -0.2) is 33.4 Å². The van der Waals surface area contributed by atoms with Crippen molar-refractivity contribution in [3.63, 3.8) is 0 Å². The van der Waals surface area contributed by atoms with Gasteiger partial charge in [0.05, 0.1) is 0 Å². The maximum Gasteiger partial charge on any atom is 0.321 e. The van der Waals surface area contributed by atoms with Crippen molar-refractivity contribution < 1.29 is 13.6 Å². The van der Waals surface area contributed by atoms with E-state index in [4.69, 9.17) is 8.85 Å². The fourth-order valence-corrected chi connectivity index (χ4v) is 5.01. The minimum absolute atomic E-state index is 0.355. The third-order valence-corrected chi connectivity index (χ3v) is 6.21. The molecule has 0 spiro atoms. The minimum atomic E-state index is -1.49. The topological polar surface area (TPSA) is 35.5 Å². The van der Waals surface area contributed by atoms with E-state index in [2.05, 4.69) is 20.8 Å². The van der Waals surface area contributed by atoms with Gasteiger partial charge < -0.3 is 8.85 Å². The van der Waals surface area contributed by atoms with Gasteiger partial charge in [0, 0.05) is 25.4 Å². The number of hydrogen-bond acceptors (Lipinski definition) is 4. The molecule has 0 aromatic carbocycles. The molecule has 5 heteroatoms. The minimum Gasteiger partial charge on any atom is -0.397 e. The predicted octanol–water partition coefficient (Wildman–Crippen LogP) is 4.68. The van der Waals surface area contributed by atoms with Crippen LogP contribution in [0, 0.1) is 0 Å². The predicted molar refractivity (Wildman–Crippen MR) is 95.3 cm³/mol. The molecular formula is C16H34O3SSi. The summed E-state index contributed by atoms with van der Waals surface area (Å²) in [6.07, 6.45) is 8.58. The fraction of sp³-hybridized carbons (Fsp3) is 0.938. The Kier molecular flexibility index (Phi) is 16.6. The summed E-state index contributed by atoms with van der Waals surface area (Å²) in [5.41, 5.74) is 0. The Labute approximate surface area is 137 Å². The van der Waals surface area contributed by atoms with Crippen LogP contribution in [0.5, 0.6) is 0 Å². The van der Waals surface area contributed by atoms with Crippen molar-refractivity contribution >= 4 is 26.2 Å². The van der Waals surface area contributed by atoms with Crippen LogP contribution in [0.1, 0.15) is 72.1 Å². The van der Waals surface area contributed by atoms with Crippen molar-refractivity contribution in [3.05, 3.63) is 0 Å². The Balaban J connectivity index is 3.60. The van der Waals surface area contributed by atoms with Gasteiger partial charge in [0.15, 0.2) is 5.12 Å². The molecule has 0 bridgehead atoms. The fourth-order valence-electron chi connectivity index (χ4n) is 1.92. The largest absolute Gasteiger partial charge is 0.397 e. The number of carbonyl (C=O) groups is 1. The standard InChI is InChI=1S/C16H34O3SSi/c1-4-7-8-9-11-16(17)20-14-10-15-21(18-12-5-2)19-13-6-3/h21H,4-15H2,1-3H3. The summed E-state index contributed by atoms with van der Waals surface area (Å²) in [6.45, 7) is 8.06. The van der Waals surface area contributed by atoms with Gasteiger partial charge in [-0.1, -0.05) is 51.8 Å². The van der Waals surface area contributed by atoms with E-state index in [1.807, 2.05) is 0 Å². The summed E-state index contributed by atoms with van der Waals surface area (Å²) in [5.74, 6) is 0.918. The van der Waals surface area contributed by atoms with Crippen molar-refractivity contribution in [2.45, 2.75) is 78.2 Å². The monoisotopic (exact) mass is 334 g/mol. The van der Waals surface area contributed by atoms with Gasteiger partial charge in [0.1, 0.15) is 0 Å². The van der Waals surface area contributed by atoms with Crippen molar-refractivity contribution in [2.24, 2.45) is 0 Å². The second-order valence-corrected chi connectivity index (χ2v) is 8.60. The van der Waals surface area contributed by atoms with Crippen LogP contribution in [-0.2, 0) is 13.6 Å². The number of carbonyl (C=O) groups excluding carboxylic acids is 1. The van der Waals surface area contributed by atoms with E-state index < -0.39 is 9.28 Å². The molecule has 0 N–H and O–H groups in total. The molecule has 3 nitrogen and oxygen atoms in total. The summed E-state index contributed by atoms with van der Waals surface area (Å²) in [4.78, 5) is 11.7. The molecule has 0 aliphatic heterocycles. The van der Waals surface area contributed by atoms with E-state index in [1.165, 1.54) is 31.0 Å². The first-order valence-electron chi connectivity index (χ1n) is 8.63. The molecule has 0 fully saturated rings. The van der Waals surface area contributed by atoms with Gasteiger partial charge >= 0.3 is 9.28 Å². The molecule has 0 unspecified atom stereocenters. The van der Waals surface area contributed by atoms with Crippen molar-refractivity contribution in [1.82, 2.24) is 0 Å². The van der Waals surface area contributed by atoms with Crippen LogP contribution >= 0.6 is 11.8 Å². The van der Waals surface area contributed by atoms with Crippen LogP contribution in [0.15, 0.2) is 0 Å². The van der Waals surface area contributed by atoms with Gasteiger partial charge in [-0.05, 0) is 31.7 Å². The molecule has 0 amide bonds. The second kappa shape index (κ2) is 16.5. The quantitative estimate of drug-likeness (QED) is 0.322. The SMILES string of the molecule is CCCCCCC(=O)SCCC[SiH](OCCC)OCCC. The van der Waals surface area contributed by atoms with Crippen LogP contribution in [0.3, 0.4) is 0 Å². The lowest BCUT2D eigenvalue weighted by Crippen LogP contribution is -2.24. The maximum atomic E-state index is 11.7. The summed E-state index contributed by atoms with van der Waals surface area (Å²) < 4.78 is 11.6. The highest BCUT2D eigenvalue weighted by Gasteiger charge is 2.13. The Morgan fingerprint density at radius 3 is 2.14 bits per heavy atom. The van der Waals surface area contributed by atoms with Gasteiger partial charge in [0.2, 0.25) is 0 Å². The average Bonchev–Trinajstić information content (AvgIpc) is 2.50. The molecule has 0 radical (unpaired) electrons. The molecule has 0 saturated heterocycles. The van der Waals surface area contributed by atoms with Crippen LogP contribution in [0.25, 0.3) is 0 Å². The van der Waals surface area contributed by atoms with Crippen LogP contribution < -0.4 is 0 Å². The number of rotatable bonds is 15. The first-order chi connectivity index (χ1) is 10.2. The Bertz CT molecular complexity index is 232. The van der Waals surface area contributed by atoms with E-state index in [1.54, 1.807) is 0 Å². The first kappa shape index (κ1) is 21.2. The molecular weight excluding hydrogens is 300 g/mol. The van der Waals surface area contributed by atoms with Gasteiger partial charge in [-0.3, -0.25) is 4.79 Å². The van der Waals surface area contributed by atoms with Crippen LogP contribution in [0.4, 0.5) is 0 Å². The third-order valence-electron chi connectivity index (χ3n) is 3.10. The van der Waals surface area contributed by atoms with Crippen LogP contribution in [0.2, 0.25) is 6.04 Å². The van der Waals surface area contributed by atoms with Gasteiger partial charge in [0.25, 0.3) is 0 Å². The third kappa shape index (κ3) is 14.8. The van der Waals surface area contributed by atoms with Gasteiger partial charge in [-0.25, -0.2) is 0 Å². The maximum absolute atomic E-state index is 11.7. The van der Waals surface area contributed by atoms with E-state index in [-0.39, 0.29) is 0 Å². The highest BCUT2D eigenvalue weighted by molar-refractivity contribution is 8.13. The Hall–Kier alpha value is 0.157. The average molecular weight is 335 g/mol. The zero-order valence-electron chi connectivity index (χ0n) is 14.2. The summed E-state index contributed by atoms with van der Waals surface area (Å²) in [6, 6.07) is 1.02. The van der Waals surface area contributed by atoms with E-state index in [9.17, 15) is 4.79 Å². The Morgan fingerprint density at radius 1 is 0.905 bits per heavy atom. The number of thioether (sulfide) groups is 1. The highest BCUT2D eigenvalue weighted by atomic mass is 32.2. The van der Waals surface area contributed by atoms with Crippen molar-refractivity contribution in [1.29, 1.82) is 0 Å². The molecule has 21 heavy (non-hydrogen) atoms. The molecule has 0 rings (SSSR count). The van der Waals surface area contributed by atoms with Crippen molar-refractivity contribution in [2.75, 3.05) is 19.0 Å². The molecule has 126 valence electrons. The molecule has 0 aliphatic rings. The summed E-state index contributed by atoms with van der Waals surface area (Å²) >= 11 is 1.50. The molecule has 0 atom stereocenters. The molecule has 0 aliphatic carbocycles. The number of hydrogen-bond donors (Lipinski definition) is 0. The number of unbranched alkanes of at least 4 members (excludes halogenated alkanes) is 3. The normalized spacial score (nSPS) is 11.2. The van der Waals surface area contributed by atoms with Gasteiger partial charge in [-0.2, -0.15) is 0 Å². The molecule has 0 heterocycles. The first-order valence-corrected chi connectivity index (χ1v) is 11.4. The molecule has 0 saturated carbocycles. The molecule has 0 aromatic heterocycles. The zero-order valence-corrected chi connectivity index (χ0v) is 16.2. The van der Waals surface area contributed by atoms with E-state index in [0.717, 1.165) is 57.1 Å². The van der Waals surface area contributed by atoms with E-state index in [0.29, 0.717) is 5.12 Å². The van der Waals surface area contributed by atoms with Gasteiger partial charge in [-0.15, -0.1) is 0 Å². The smallest absolute Gasteiger partial charge is 0.321 e. The lowest BCUT2D eigenvalue weighted by Gasteiger charge is -2.15. The summed E-state index contributed by atoms with van der Waals surface area (Å²) in [7, 11) is -1.49.